The van der Waals surface area contributed by atoms with Gasteiger partial charge in [0.1, 0.15) is 0 Å². The molecule has 2 aliphatic carbocycles. The molecule has 0 aromatic carbocycles. The van der Waals surface area contributed by atoms with Gasteiger partial charge >= 0.3 is 0 Å². The molecule has 0 fully saturated rings. The fourth-order valence-corrected chi connectivity index (χ4v) is 4.64. The zero-order valence-electron chi connectivity index (χ0n) is 17.9. The molecule has 0 bridgehead atoms. The van der Waals surface area contributed by atoms with E-state index in [1.807, 2.05) is 0 Å². The lowest BCUT2D eigenvalue weighted by Crippen LogP contribution is -2.19. The highest BCUT2D eigenvalue weighted by molar-refractivity contribution is 5.47. The molecule has 2 rings (SSSR count). The largest absolute Gasteiger partial charge is 0.116 e. The fourth-order valence-electron chi connectivity index (χ4n) is 4.64. The van der Waals surface area contributed by atoms with E-state index < -0.39 is 0 Å². The van der Waals surface area contributed by atoms with E-state index in [-0.39, 0.29) is 0 Å². The molecule has 2 aliphatic rings. The number of fused-ring (bicyclic) bond motifs is 1. The predicted octanol–water partition coefficient (Wildman–Crippen LogP) is 8.33. The van der Waals surface area contributed by atoms with Gasteiger partial charge in [0.2, 0.25) is 0 Å². The van der Waals surface area contributed by atoms with Crippen LogP contribution in [0.5, 0.6) is 0 Å². The van der Waals surface area contributed by atoms with Gasteiger partial charge in [0, 0.05) is 5.57 Å². The van der Waals surface area contributed by atoms with Crippen molar-refractivity contribution in [1.29, 1.82) is 0 Å². The number of hydrogen-bond donors (Lipinski definition) is 0. The summed E-state index contributed by atoms with van der Waals surface area (Å²) in [5.41, 5.74) is 8.39. The van der Waals surface area contributed by atoms with Crippen molar-refractivity contribution in [1.82, 2.24) is 0 Å². The van der Waals surface area contributed by atoms with Crippen LogP contribution >= 0.6 is 0 Å². The predicted molar refractivity (Wildman–Crippen MR) is 116 cm³/mol. The van der Waals surface area contributed by atoms with Crippen LogP contribution in [0.3, 0.4) is 0 Å². The molecule has 0 aromatic rings. The lowest BCUT2D eigenvalue weighted by atomic mass is 9.73. The molecule has 144 valence electrons. The van der Waals surface area contributed by atoms with Crippen LogP contribution in [0.1, 0.15) is 92.4 Å². The monoisotopic (exact) mass is 352 g/mol. The molecule has 0 aliphatic heterocycles. The summed E-state index contributed by atoms with van der Waals surface area (Å²) < 4.78 is 0. The summed E-state index contributed by atoms with van der Waals surface area (Å²) in [4.78, 5) is 0. The lowest BCUT2D eigenvalue weighted by molar-refractivity contribution is 0.296. The Morgan fingerprint density at radius 2 is 2.08 bits per heavy atom. The maximum atomic E-state index is 3.41. The number of hydrogen-bond acceptors (Lipinski definition) is 0. The van der Waals surface area contributed by atoms with Crippen LogP contribution in [0.25, 0.3) is 0 Å². The molecule has 0 spiro atoms. The summed E-state index contributed by atoms with van der Waals surface area (Å²) in [5.74, 6) is 1.64. The first-order valence-corrected chi connectivity index (χ1v) is 10.9. The van der Waals surface area contributed by atoms with E-state index in [0.29, 0.717) is 5.41 Å². The molecule has 26 heavy (non-hydrogen) atoms. The minimum absolute atomic E-state index is 0.349. The summed E-state index contributed by atoms with van der Waals surface area (Å²) in [6, 6.07) is 0. The molecular weight excluding hydrogens is 312 g/mol. The number of unbranched alkanes of at least 4 members (excludes halogenated alkanes) is 2. The maximum Gasteiger partial charge on any atom is 0.00180 e. The van der Waals surface area contributed by atoms with Gasteiger partial charge in [-0.1, -0.05) is 57.1 Å². The summed E-state index contributed by atoms with van der Waals surface area (Å²) in [5, 5.41) is 0. The third-order valence-corrected chi connectivity index (χ3v) is 6.64. The molecule has 0 saturated carbocycles. The first kappa shape index (κ1) is 21.0. The minimum Gasteiger partial charge on any atom is -0.116 e. The molecule has 0 nitrogen and oxygen atoms in total. The Labute approximate surface area is 162 Å². The van der Waals surface area contributed by atoms with Crippen LogP contribution < -0.4 is 0 Å². The first-order chi connectivity index (χ1) is 12.5. The Hall–Kier alpha value is -1.26. The third-order valence-electron chi connectivity index (χ3n) is 6.64. The van der Waals surface area contributed by atoms with Crippen molar-refractivity contribution in [3.8, 4) is 0 Å². The Morgan fingerprint density at radius 1 is 1.27 bits per heavy atom. The highest BCUT2D eigenvalue weighted by Crippen LogP contribution is 2.40. The zero-order chi connectivity index (χ0) is 19.0. The second-order valence-electron chi connectivity index (χ2n) is 9.00. The summed E-state index contributed by atoms with van der Waals surface area (Å²) in [7, 11) is 0. The van der Waals surface area contributed by atoms with Gasteiger partial charge in [-0.2, -0.15) is 0 Å². The van der Waals surface area contributed by atoms with Crippen molar-refractivity contribution in [3.05, 3.63) is 52.8 Å². The van der Waals surface area contributed by atoms with Crippen LogP contribution in [0.2, 0.25) is 0 Å². The van der Waals surface area contributed by atoms with Crippen molar-refractivity contribution in [2.24, 2.45) is 17.3 Å². The second kappa shape index (κ2) is 10.2. The fraction of sp³-hybridized carbons (Fsp3) is 0.654. The average molecular weight is 353 g/mol. The smallest absolute Gasteiger partial charge is 0.00180 e. The van der Waals surface area contributed by atoms with Gasteiger partial charge in [0.05, 0.1) is 0 Å². The molecule has 0 radical (unpaired) electrons. The molecule has 2 atom stereocenters. The van der Waals surface area contributed by atoms with E-state index in [2.05, 4.69) is 70.7 Å². The van der Waals surface area contributed by atoms with Crippen LogP contribution in [0, 0.1) is 17.3 Å². The first-order valence-electron chi connectivity index (χ1n) is 10.9. The van der Waals surface area contributed by atoms with E-state index >= 15 is 0 Å². The van der Waals surface area contributed by atoms with Crippen molar-refractivity contribution in [3.63, 3.8) is 0 Å². The molecule has 0 heteroatoms. The number of allylic oxidation sites excluding steroid dienone is 7. The average Bonchev–Trinajstić information content (AvgIpc) is 2.59. The summed E-state index contributed by atoms with van der Waals surface area (Å²) >= 11 is 0. The molecule has 0 amide bonds. The van der Waals surface area contributed by atoms with Gasteiger partial charge in [0.15, 0.2) is 0 Å². The summed E-state index contributed by atoms with van der Waals surface area (Å²) in [6.45, 7) is 11.7. The Morgan fingerprint density at radius 3 is 2.73 bits per heavy atom. The van der Waals surface area contributed by atoms with Crippen molar-refractivity contribution < 1.29 is 0 Å². The lowest BCUT2D eigenvalue weighted by Gasteiger charge is -2.32. The third kappa shape index (κ3) is 5.88. The standard InChI is InChI=1S/C26H40/c1-6-8-9-10-11-19-26(4,5)25(7-2)18-17-22-13-12-14-23-15-16-24(23)20-21(22)3/h6-8,14-15,21-22H,9-13,17-20H2,1-5H3. The molecule has 0 aromatic heterocycles. The highest BCUT2D eigenvalue weighted by Gasteiger charge is 2.26. The van der Waals surface area contributed by atoms with Crippen LogP contribution in [0.15, 0.2) is 52.8 Å². The zero-order valence-corrected chi connectivity index (χ0v) is 17.9. The van der Waals surface area contributed by atoms with Gasteiger partial charge < -0.3 is 0 Å². The van der Waals surface area contributed by atoms with E-state index in [4.69, 9.17) is 0 Å². The van der Waals surface area contributed by atoms with Crippen LogP contribution in [-0.2, 0) is 0 Å². The van der Waals surface area contributed by atoms with Gasteiger partial charge in [0.25, 0.3) is 0 Å². The van der Waals surface area contributed by atoms with Crippen LogP contribution in [-0.4, -0.2) is 0 Å². The Bertz CT molecular complexity index is 602. The maximum absolute atomic E-state index is 3.41. The molecule has 0 saturated heterocycles. The van der Waals surface area contributed by atoms with Gasteiger partial charge in [-0.15, -0.1) is 5.73 Å². The minimum atomic E-state index is 0.349. The Balaban J connectivity index is 1.84. The van der Waals surface area contributed by atoms with Crippen LogP contribution in [0.4, 0.5) is 0 Å². The second-order valence-corrected chi connectivity index (χ2v) is 9.00. The molecule has 0 heterocycles. The van der Waals surface area contributed by atoms with E-state index in [1.165, 1.54) is 68.9 Å². The van der Waals surface area contributed by atoms with Crippen molar-refractivity contribution in [2.75, 3.05) is 0 Å². The van der Waals surface area contributed by atoms with Crippen molar-refractivity contribution >= 4 is 0 Å². The summed E-state index contributed by atoms with van der Waals surface area (Å²) in [6.07, 6.45) is 23.1. The highest BCUT2D eigenvalue weighted by atomic mass is 14.3. The van der Waals surface area contributed by atoms with E-state index in [9.17, 15) is 0 Å². The molecule has 0 N–H and O–H groups in total. The SMILES string of the molecule is CC=CCCCCC(C)(C)C(=CC)CCC1CCC=C2C=C=C2CC1C. The molecule has 2 unspecified atom stereocenters. The van der Waals surface area contributed by atoms with E-state index in [0.717, 1.165) is 11.8 Å². The Kier molecular flexibility index (Phi) is 8.23. The van der Waals surface area contributed by atoms with Gasteiger partial charge in [-0.3, -0.25) is 0 Å². The van der Waals surface area contributed by atoms with E-state index in [1.54, 1.807) is 5.57 Å². The quantitative estimate of drug-likeness (QED) is 0.222. The molecular formula is C26H40. The number of rotatable bonds is 9. The normalized spacial score (nSPS) is 23.8. The van der Waals surface area contributed by atoms with Crippen molar-refractivity contribution in [2.45, 2.75) is 92.4 Å². The van der Waals surface area contributed by atoms with Gasteiger partial charge in [-0.05, 0) is 94.1 Å². The van der Waals surface area contributed by atoms with Gasteiger partial charge in [-0.25, -0.2) is 0 Å². The topological polar surface area (TPSA) is 0 Å².